The van der Waals surface area contributed by atoms with Gasteiger partial charge in [-0.05, 0) is 19.4 Å². The lowest BCUT2D eigenvalue weighted by molar-refractivity contribution is -0.122. The number of hydrogen-bond acceptors (Lipinski definition) is 3. The van der Waals surface area contributed by atoms with Crippen LogP contribution in [0.1, 0.15) is 26.2 Å². The largest absolute Gasteiger partial charge is 0.328 e. The second kappa shape index (κ2) is 7.95. The molecule has 1 heterocycles. The molecule has 0 aromatic rings. The standard InChI is InChI=1S/C6H12N2O.C4H8/c7-4-5-6(9)2-1-3-8-5;1-3-4-2/h5,8H,1-4,7H2;3H,1,4H2,2H3/t5-;/m1./s1. The average molecular weight is 184 g/mol. The zero-order valence-electron chi connectivity index (χ0n) is 8.38. The van der Waals surface area contributed by atoms with Crippen molar-refractivity contribution in [2.24, 2.45) is 5.73 Å². The molecule has 1 aliphatic heterocycles. The molecule has 1 aliphatic rings. The lowest BCUT2D eigenvalue weighted by atomic mass is 10.0. The van der Waals surface area contributed by atoms with Crippen molar-refractivity contribution in [3.63, 3.8) is 0 Å². The van der Waals surface area contributed by atoms with E-state index >= 15 is 0 Å². The number of piperidine rings is 1. The van der Waals surface area contributed by atoms with Crippen molar-refractivity contribution in [1.82, 2.24) is 5.32 Å². The fraction of sp³-hybridized carbons (Fsp3) is 0.700. The molecule has 76 valence electrons. The van der Waals surface area contributed by atoms with Crippen LogP contribution in [0.2, 0.25) is 0 Å². The number of Topliss-reactive ketones (excluding diaryl/α,β-unsaturated/α-hetero) is 1. The summed E-state index contributed by atoms with van der Waals surface area (Å²) in [6.07, 6.45) is 4.63. The van der Waals surface area contributed by atoms with Crippen LogP contribution < -0.4 is 11.1 Å². The molecule has 0 unspecified atom stereocenters. The third-order valence-corrected chi connectivity index (χ3v) is 1.90. The van der Waals surface area contributed by atoms with E-state index in [9.17, 15) is 4.79 Å². The van der Waals surface area contributed by atoms with Crippen molar-refractivity contribution in [3.8, 4) is 0 Å². The number of ketones is 1. The summed E-state index contributed by atoms with van der Waals surface area (Å²) in [5, 5.41) is 3.04. The summed E-state index contributed by atoms with van der Waals surface area (Å²) >= 11 is 0. The van der Waals surface area contributed by atoms with Crippen LogP contribution in [-0.4, -0.2) is 24.9 Å². The van der Waals surface area contributed by atoms with Crippen LogP contribution in [-0.2, 0) is 4.79 Å². The molecule has 0 aromatic carbocycles. The number of carbonyl (C=O) groups is 1. The molecule has 1 saturated heterocycles. The average Bonchev–Trinajstić information content (AvgIpc) is 2.19. The maximum absolute atomic E-state index is 10.9. The van der Waals surface area contributed by atoms with E-state index in [1.54, 1.807) is 0 Å². The second-order valence-corrected chi connectivity index (χ2v) is 3.01. The first-order valence-electron chi connectivity index (χ1n) is 4.83. The minimum Gasteiger partial charge on any atom is -0.328 e. The summed E-state index contributed by atoms with van der Waals surface area (Å²) in [4.78, 5) is 10.9. The van der Waals surface area contributed by atoms with Crippen molar-refractivity contribution in [2.45, 2.75) is 32.2 Å². The van der Waals surface area contributed by atoms with E-state index in [2.05, 4.69) is 18.8 Å². The molecule has 0 aliphatic carbocycles. The maximum Gasteiger partial charge on any atom is 0.151 e. The van der Waals surface area contributed by atoms with Crippen molar-refractivity contribution in [2.75, 3.05) is 13.1 Å². The summed E-state index contributed by atoms with van der Waals surface area (Å²) in [7, 11) is 0. The summed E-state index contributed by atoms with van der Waals surface area (Å²) in [5.74, 6) is 0.267. The fourth-order valence-corrected chi connectivity index (χ4v) is 1.04. The van der Waals surface area contributed by atoms with Crippen LogP contribution in [0.25, 0.3) is 0 Å². The van der Waals surface area contributed by atoms with Gasteiger partial charge in [-0.3, -0.25) is 4.79 Å². The Balaban J connectivity index is 0.000000310. The number of nitrogens with one attached hydrogen (secondary N) is 1. The monoisotopic (exact) mass is 184 g/mol. The zero-order valence-corrected chi connectivity index (χ0v) is 8.38. The Morgan fingerprint density at radius 2 is 2.38 bits per heavy atom. The predicted molar refractivity (Wildman–Crippen MR) is 55.6 cm³/mol. The molecule has 1 rings (SSSR count). The molecule has 3 N–H and O–H groups in total. The van der Waals surface area contributed by atoms with Gasteiger partial charge in [-0.25, -0.2) is 0 Å². The highest BCUT2D eigenvalue weighted by atomic mass is 16.1. The molecular formula is C10H20N2O. The van der Waals surface area contributed by atoms with E-state index in [1.807, 2.05) is 6.08 Å². The van der Waals surface area contributed by atoms with Crippen LogP contribution in [0.4, 0.5) is 0 Å². The van der Waals surface area contributed by atoms with Gasteiger partial charge in [0.05, 0.1) is 6.04 Å². The third-order valence-electron chi connectivity index (χ3n) is 1.90. The Labute approximate surface area is 80.4 Å². The number of allylic oxidation sites excluding steroid dienone is 1. The highest BCUT2D eigenvalue weighted by Crippen LogP contribution is 2.00. The molecule has 3 nitrogen and oxygen atoms in total. The molecule has 0 saturated carbocycles. The summed E-state index contributed by atoms with van der Waals surface area (Å²) in [6.45, 7) is 6.92. The summed E-state index contributed by atoms with van der Waals surface area (Å²) in [5.41, 5.74) is 5.31. The molecule has 0 amide bonds. The van der Waals surface area contributed by atoms with Gasteiger partial charge in [-0.2, -0.15) is 0 Å². The number of hydrogen-bond donors (Lipinski definition) is 2. The van der Waals surface area contributed by atoms with E-state index in [1.165, 1.54) is 0 Å². The molecule has 3 heteroatoms. The van der Waals surface area contributed by atoms with Crippen molar-refractivity contribution in [1.29, 1.82) is 0 Å². The van der Waals surface area contributed by atoms with E-state index in [-0.39, 0.29) is 11.8 Å². The molecular weight excluding hydrogens is 164 g/mol. The van der Waals surface area contributed by atoms with Gasteiger partial charge in [0.1, 0.15) is 0 Å². The lowest BCUT2D eigenvalue weighted by Crippen LogP contribution is -2.46. The minimum absolute atomic E-state index is 0.0567. The van der Waals surface area contributed by atoms with Crippen LogP contribution in [0.3, 0.4) is 0 Å². The van der Waals surface area contributed by atoms with E-state index in [0.717, 1.165) is 19.4 Å². The molecule has 1 atom stereocenters. The maximum atomic E-state index is 10.9. The van der Waals surface area contributed by atoms with Gasteiger partial charge in [0.25, 0.3) is 0 Å². The SMILES string of the molecule is C=CCC.NC[C@H]1NCCCC1=O. The Kier molecular flexibility index (Phi) is 7.54. The van der Waals surface area contributed by atoms with Gasteiger partial charge in [0, 0.05) is 13.0 Å². The molecule has 0 bridgehead atoms. The van der Waals surface area contributed by atoms with E-state index < -0.39 is 0 Å². The Morgan fingerprint density at radius 3 is 2.69 bits per heavy atom. The van der Waals surface area contributed by atoms with Crippen LogP contribution in [0.15, 0.2) is 12.7 Å². The summed E-state index contributed by atoms with van der Waals surface area (Å²) < 4.78 is 0. The van der Waals surface area contributed by atoms with Crippen molar-refractivity contribution in [3.05, 3.63) is 12.7 Å². The van der Waals surface area contributed by atoms with Crippen molar-refractivity contribution < 1.29 is 4.79 Å². The first kappa shape index (κ1) is 12.3. The topological polar surface area (TPSA) is 55.1 Å². The molecule has 13 heavy (non-hydrogen) atoms. The minimum atomic E-state index is -0.0567. The number of nitrogens with two attached hydrogens (primary N) is 1. The van der Waals surface area contributed by atoms with Crippen LogP contribution >= 0.6 is 0 Å². The highest BCUT2D eigenvalue weighted by molar-refractivity contribution is 5.84. The Hall–Kier alpha value is -0.670. The first-order valence-corrected chi connectivity index (χ1v) is 4.83. The van der Waals surface area contributed by atoms with Gasteiger partial charge in [-0.1, -0.05) is 13.0 Å². The lowest BCUT2D eigenvalue weighted by Gasteiger charge is -2.19. The van der Waals surface area contributed by atoms with Gasteiger partial charge < -0.3 is 11.1 Å². The second-order valence-electron chi connectivity index (χ2n) is 3.01. The Morgan fingerprint density at radius 1 is 1.77 bits per heavy atom. The molecule has 0 spiro atoms. The first-order chi connectivity index (χ1) is 6.26. The van der Waals surface area contributed by atoms with Gasteiger partial charge in [0.2, 0.25) is 0 Å². The summed E-state index contributed by atoms with van der Waals surface area (Å²) in [6, 6.07) is -0.0567. The molecule has 1 fully saturated rings. The van der Waals surface area contributed by atoms with Crippen LogP contribution in [0, 0.1) is 0 Å². The molecule has 0 radical (unpaired) electrons. The zero-order chi connectivity index (χ0) is 10.1. The number of carbonyl (C=O) groups excluding carboxylic acids is 1. The quantitative estimate of drug-likeness (QED) is 0.625. The Bertz CT molecular complexity index is 157. The van der Waals surface area contributed by atoms with Crippen LogP contribution in [0.5, 0.6) is 0 Å². The third kappa shape index (κ3) is 5.55. The highest BCUT2D eigenvalue weighted by Gasteiger charge is 2.18. The smallest absolute Gasteiger partial charge is 0.151 e. The fourth-order valence-electron chi connectivity index (χ4n) is 1.04. The normalized spacial score (nSPS) is 21.7. The van der Waals surface area contributed by atoms with Gasteiger partial charge in [-0.15, -0.1) is 6.58 Å². The van der Waals surface area contributed by atoms with E-state index in [4.69, 9.17) is 5.73 Å². The number of rotatable bonds is 2. The van der Waals surface area contributed by atoms with Crippen molar-refractivity contribution >= 4 is 5.78 Å². The van der Waals surface area contributed by atoms with Gasteiger partial charge >= 0.3 is 0 Å². The molecule has 0 aromatic heterocycles. The predicted octanol–water partition coefficient (Wildman–Crippen LogP) is 0.849. The van der Waals surface area contributed by atoms with E-state index in [0.29, 0.717) is 13.0 Å². The van der Waals surface area contributed by atoms with Gasteiger partial charge in [0.15, 0.2) is 5.78 Å².